The van der Waals surface area contributed by atoms with Gasteiger partial charge in [-0.3, -0.25) is 0 Å². The Morgan fingerprint density at radius 1 is 0.631 bits per heavy atom. The summed E-state index contributed by atoms with van der Waals surface area (Å²) in [6, 6.07) is 8.77. The van der Waals surface area contributed by atoms with Crippen molar-refractivity contribution in [3.8, 4) is 11.7 Å². The molecule has 0 saturated carbocycles. The summed E-state index contributed by atoms with van der Waals surface area (Å²) < 4.78 is 153. The number of benzene rings is 4. The quantitative estimate of drug-likeness (QED) is 0.0134. The third-order valence-corrected chi connectivity index (χ3v) is 16.7. The first-order valence-electron chi connectivity index (χ1n) is 23.3. The fraction of sp³-hybridized carbons (Fsp3) is 0.227. The van der Waals surface area contributed by atoms with Crippen molar-refractivity contribution in [1.82, 2.24) is 29.9 Å². The van der Waals surface area contributed by atoms with Crippen LogP contribution in [0.1, 0.15) is 10.4 Å². The highest BCUT2D eigenvalue weighted by atomic mass is 35.5. The van der Waals surface area contributed by atoms with E-state index in [4.69, 9.17) is 22.4 Å². The summed E-state index contributed by atoms with van der Waals surface area (Å²) in [5, 5.41) is 57.9. The van der Waals surface area contributed by atoms with Gasteiger partial charge < -0.3 is 64.8 Å². The maximum atomic E-state index is 12.8. The van der Waals surface area contributed by atoms with Gasteiger partial charge in [0.15, 0.2) is 5.75 Å². The molecule has 8 N–H and O–H groups in total. The zero-order valence-corrected chi connectivity index (χ0v) is 48.6. The molecule has 84 heavy (non-hydrogen) atoms. The number of nitrogens with two attached hydrogens (primary N) is 1. The molecular weight excluding hydrogens is 1250 g/mol. The maximum Gasteiger partial charge on any atom is 0.444 e. The van der Waals surface area contributed by atoms with Crippen molar-refractivity contribution >= 4 is 156 Å². The molecule has 4 aromatic carbocycles. The van der Waals surface area contributed by atoms with Gasteiger partial charge in [0.25, 0.3) is 0 Å². The van der Waals surface area contributed by atoms with Crippen LogP contribution in [0.5, 0.6) is 5.75 Å². The zero-order valence-electron chi connectivity index (χ0n) is 42.9. The highest BCUT2D eigenvalue weighted by molar-refractivity contribution is 7.99. The molecule has 0 fully saturated rings. The second kappa shape index (κ2) is 26.5. The number of thioether (sulfide) groups is 2. The maximum absolute atomic E-state index is 12.8. The predicted molar refractivity (Wildman–Crippen MR) is 298 cm³/mol. The van der Waals surface area contributed by atoms with Gasteiger partial charge in [-0.1, -0.05) is 0 Å². The molecule has 33 nitrogen and oxygen atoms in total. The van der Waals surface area contributed by atoms with Crippen LogP contribution in [0.25, 0.3) is 16.7 Å². The van der Waals surface area contributed by atoms with Gasteiger partial charge in [-0.2, -0.15) is 38.5 Å². The van der Waals surface area contributed by atoms with Gasteiger partial charge >= 0.3 is 23.8 Å². The van der Waals surface area contributed by atoms with E-state index < -0.39 is 111 Å². The number of aromatic nitrogens is 7. The minimum Gasteiger partial charge on any atom is -0.744 e. The summed E-state index contributed by atoms with van der Waals surface area (Å²) in [4.78, 5) is 35.3. The van der Waals surface area contributed by atoms with Crippen LogP contribution in [0.2, 0.25) is 5.28 Å². The van der Waals surface area contributed by atoms with Crippen molar-refractivity contribution in [2.75, 3.05) is 89.6 Å². The van der Waals surface area contributed by atoms with Crippen molar-refractivity contribution < 1.29 is 81.7 Å². The number of carbonyl (C=O) groups is 1. The van der Waals surface area contributed by atoms with Crippen LogP contribution >= 0.6 is 35.1 Å². The molecule has 7 rings (SSSR count). The molecule has 446 valence electrons. The second-order valence-corrected chi connectivity index (χ2v) is 25.1. The van der Waals surface area contributed by atoms with Gasteiger partial charge in [-0.15, -0.1) is 25.4 Å². The highest BCUT2D eigenvalue weighted by Crippen LogP contribution is 2.49. The molecule has 0 aliphatic rings. The second-order valence-electron chi connectivity index (χ2n) is 16.9. The molecule has 0 aliphatic heterocycles. The number of halogens is 1. The van der Waals surface area contributed by atoms with Gasteiger partial charge in [0.2, 0.25) is 17.2 Å². The number of carboxylic acid groups (broad SMARTS) is 1. The van der Waals surface area contributed by atoms with Crippen LogP contribution in [-0.2, 0) is 40.5 Å². The number of nitrogens with one attached hydrogen (secondary N) is 2. The molecule has 3 heterocycles. The Balaban J connectivity index is 1.32. The fourth-order valence-corrected chi connectivity index (χ4v) is 11.3. The van der Waals surface area contributed by atoms with Crippen molar-refractivity contribution in [2.24, 2.45) is 20.5 Å². The summed E-state index contributed by atoms with van der Waals surface area (Å²) in [6.07, 6.45) is 2.69. The lowest BCUT2D eigenvalue weighted by molar-refractivity contribution is -0.603. The number of anilines is 7. The van der Waals surface area contributed by atoms with Crippen LogP contribution < -0.4 is 30.7 Å². The Morgan fingerprint density at radius 3 is 1.55 bits per heavy atom. The molecule has 7 aromatic rings. The number of phenols is 1. The molecule has 3 aromatic heterocycles. The molecular formula is C44H42ClN16O17S6-3. The Bertz CT molecular complexity index is 4220. The number of nitrogens with zero attached hydrogens (tertiary/aromatic N) is 13. The van der Waals surface area contributed by atoms with E-state index in [0.29, 0.717) is 48.2 Å². The molecule has 0 saturated heterocycles. The molecule has 0 amide bonds. The number of hydrogen-bond donors (Lipinski definition) is 7. The molecule has 0 unspecified atom stereocenters. The van der Waals surface area contributed by atoms with E-state index in [1.165, 1.54) is 52.6 Å². The van der Waals surface area contributed by atoms with Crippen molar-refractivity contribution in [3.63, 3.8) is 0 Å². The number of aromatic carboxylic acids is 1. The molecule has 0 atom stereocenters. The fourth-order valence-electron chi connectivity index (χ4n) is 7.23. The van der Waals surface area contributed by atoms with Crippen molar-refractivity contribution in [2.45, 2.75) is 19.6 Å². The smallest absolute Gasteiger partial charge is 0.444 e. The standard InChI is InChI=1S/C44H45ClN16O17S6/c1-59(11-15-79-17-13-62)42-50-39(45)49-40(51-42)47-25-3-5-30(82(70,71)72)28(21-25)56-58-36-32(84(76,77)78)20-24-19-31(83(73,74)75)35(34(46)33(24)37(36)64)57-55-27-22-26(4-6-29(27)81(67,68)69)48-41-52-43(60(2)12-16-80-18-14-63)54-44(53-41)61-9-7-23(8-10-61)38(65)66/h3-10,19-22,62-63H,11-18H2,1-2H3,(H9-,46,47,48,49,50,51,52,53,54,55,56,64,65,66,67,68,69,70,71,72,73,74,75,76,77,78)/p-3. The Labute approximate surface area is 489 Å². The lowest BCUT2D eigenvalue weighted by Gasteiger charge is -2.18. The molecule has 0 bridgehead atoms. The molecule has 0 radical (unpaired) electrons. The van der Waals surface area contributed by atoms with E-state index in [0.717, 1.165) is 36.4 Å². The number of nitrogen functional groups attached to an aromatic ring is 1. The normalized spacial score (nSPS) is 12.3. The first-order valence-corrected chi connectivity index (χ1v) is 31.6. The number of azo groups is 2. The average molecular weight is 1290 g/mol. The lowest BCUT2D eigenvalue weighted by Crippen LogP contribution is -2.34. The number of fused-ring (bicyclic) bond motifs is 1. The number of aliphatic hydroxyl groups excluding tert-OH is 2. The molecule has 40 heteroatoms. The highest BCUT2D eigenvalue weighted by Gasteiger charge is 2.26. The van der Waals surface area contributed by atoms with Crippen LogP contribution in [0.4, 0.5) is 63.6 Å². The summed E-state index contributed by atoms with van der Waals surface area (Å²) in [5.74, 6) is -1.05. The van der Waals surface area contributed by atoms with Crippen molar-refractivity contribution in [3.05, 3.63) is 83.9 Å². The van der Waals surface area contributed by atoms with E-state index >= 15 is 0 Å². The average Bonchev–Trinajstić information content (AvgIpc) is 3.08. The molecule has 0 aliphatic carbocycles. The Kier molecular flexibility index (Phi) is 20.2. The summed E-state index contributed by atoms with van der Waals surface area (Å²) in [6.45, 7) is 0.628. The van der Waals surface area contributed by atoms with E-state index in [1.807, 2.05) is 0 Å². The van der Waals surface area contributed by atoms with E-state index in [9.17, 15) is 72.0 Å². The van der Waals surface area contributed by atoms with E-state index in [2.05, 4.69) is 61.0 Å². The number of aromatic hydroxyl groups is 1. The van der Waals surface area contributed by atoms with Gasteiger partial charge in [0.1, 0.15) is 63.2 Å². The largest absolute Gasteiger partial charge is 0.744 e. The van der Waals surface area contributed by atoms with Gasteiger partial charge in [-0.25, -0.2) is 43.0 Å². The van der Waals surface area contributed by atoms with Crippen molar-refractivity contribution in [1.29, 1.82) is 0 Å². The predicted octanol–water partition coefficient (Wildman–Crippen LogP) is 3.38. The zero-order chi connectivity index (χ0) is 61.5. The summed E-state index contributed by atoms with van der Waals surface area (Å²) in [7, 11) is -19.3. The number of aliphatic hydroxyl groups is 2. The minimum absolute atomic E-state index is 0.0385. The SMILES string of the molecule is CN(CCSCCO)c1nc(Cl)nc(Nc2ccc(S(=O)(=O)[O-])c(N=Nc3c(S(=O)(=O)[O-])cc4cc(S(=O)(=O)[O-])c(N=Nc5cc(Nc6nc(N(C)CCSCCO)nc(-[n+]7ccc(C(=O)O)cc7)n6)ccc5S(=O)(=O)[O-])c(N)c4c3O)c2)n1. The van der Waals surface area contributed by atoms with Gasteiger partial charge in [0, 0.05) is 61.6 Å². The first-order chi connectivity index (χ1) is 39.5. The minimum atomic E-state index is -5.81. The van der Waals surface area contributed by atoms with Crippen LogP contribution in [0.3, 0.4) is 0 Å². The topological polar surface area (TPSA) is 514 Å². The third-order valence-electron chi connectivity index (χ3n) is 11.1. The van der Waals surface area contributed by atoms with Crippen LogP contribution in [0.15, 0.2) is 113 Å². The first kappa shape index (κ1) is 63.9. The Hall–Kier alpha value is -7.67. The van der Waals surface area contributed by atoms with Gasteiger partial charge in [-0.05, 0) is 87.6 Å². The summed E-state index contributed by atoms with van der Waals surface area (Å²) >= 11 is 9.01. The Morgan fingerprint density at radius 2 is 1.08 bits per heavy atom. The third kappa shape index (κ3) is 15.9. The van der Waals surface area contributed by atoms with Gasteiger partial charge in [0.05, 0.1) is 61.8 Å². The van der Waals surface area contributed by atoms with E-state index in [1.54, 1.807) is 23.9 Å². The van der Waals surface area contributed by atoms with E-state index in [-0.39, 0.29) is 65.2 Å². The number of carboxylic acids is 1. The number of phenolic OH excluding ortho intramolecular Hbond substituents is 1. The number of rotatable bonds is 26. The monoisotopic (exact) mass is 1290 g/mol. The summed E-state index contributed by atoms with van der Waals surface area (Å²) in [5.41, 5.74) is 0.852. The molecule has 0 spiro atoms. The number of hydrogen-bond acceptors (Lipinski definition) is 33. The van der Waals surface area contributed by atoms with Crippen LogP contribution in [0, 0.1) is 0 Å². The van der Waals surface area contributed by atoms with Crippen LogP contribution in [-0.4, -0.2) is 172 Å². The number of pyridine rings is 1. The lowest BCUT2D eigenvalue weighted by atomic mass is 10.1.